The summed E-state index contributed by atoms with van der Waals surface area (Å²) in [6.07, 6.45) is 0. The van der Waals surface area contributed by atoms with Crippen LogP contribution in [-0.2, 0) is 24.0 Å². The second-order valence-corrected chi connectivity index (χ2v) is 3.87. The molecule has 0 aliphatic carbocycles. The quantitative estimate of drug-likeness (QED) is 0.414. The molecular weight excluding hydrogens is 359 g/mol. The number of rotatable bonds is 2. The van der Waals surface area contributed by atoms with E-state index in [-0.39, 0.29) is 35.2 Å². The fourth-order valence-corrected chi connectivity index (χ4v) is 1.43. The molecule has 4 N–H and O–H groups in total. The van der Waals surface area contributed by atoms with E-state index in [2.05, 4.69) is 0 Å². The van der Waals surface area contributed by atoms with Crippen molar-refractivity contribution in [3.05, 3.63) is 59.7 Å². The first kappa shape index (κ1) is 23.7. The molecule has 2 aromatic carbocycles. The Hall–Kier alpha value is -2.56. The van der Waals surface area contributed by atoms with E-state index < -0.39 is 23.3 Å². The van der Waals surface area contributed by atoms with Gasteiger partial charge < -0.3 is 15.7 Å². The van der Waals surface area contributed by atoms with Gasteiger partial charge in [0.15, 0.2) is 0 Å². The van der Waals surface area contributed by atoms with Crippen LogP contribution in [0.5, 0.6) is 11.5 Å². The molecule has 0 fully saturated rings. The molecule has 0 atom stereocenters. The number of benzene rings is 2. The first-order valence-corrected chi connectivity index (χ1v) is 5.92. The molecule has 24 heavy (non-hydrogen) atoms. The Kier molecular flexibility index (Phi) is 11.8. The van der Waals surface area contributed by atoms with Crippen LogP contribution in [0.1, 0.15) is 20.7 Å². The number of amides is 2. The normalized spacial score (nSPS) is 8.42. The molecule has 0 aliphatic heterocycles. The van der Waals surface area contributed by atoms with Crippen LogP contribution in [0.15, 0.2) is 48.5 Å². The Morgan fingerprint density at radius 2 is 1.04 bits per heavy atom. The van der Waals surface area contributed by atoms with Crippen LogP contribution in [0.4, 0.5) is 0 Å². The van der Waals surface area contributed by atoms with E-state index in [1.165, 1.54) is 47.4 Å². The third-order valence-electron chi connectivity index (χ3n) is 2.47. The summed E-state index contributed by atoms with van der Waals surface area (Å²) in [6.45, 7) is 0. The standard InChI is InChI=1S/2C7H7NO3.O.V/c2*9-6-4-2-1-3-5(6)7(10)8-11;;/h2*1-4,9,11H,(H,8,10);;/q;;-2;+4/p-2. The molecule has 0 unspecified atom stereocenters. The van der Waals surface area contributed by atoms with Crippen molar-refractivity contribution in [3.8, 4) is 11.5 Å². The molecule has 0 saturated carbocycles. The van der Waals surface area contributed by atoms with Crippen molar-refractivity contribution in [1.82, 2.24) is 11.0 Å². The van der Waals surface area contributed by atoms with Crippen LogP contribution < -0.4 is 21.2 Å². The second kappa shape index (κ2) is 11.9. The molecular formula is C14H12N2O7V. The van der Waals surface area contributed by atoms with Gasteiger partial charge in [0.05, 0.1) is 0 Å². The summed E-state index contributed by atoms with van der Waals surface area (Å²) in [5.41, 5.74) is 2.65. The second-order valence-electron chi connectivity index (χ2n) is 3.87. The molecule has 125 valence electrons. The zero-order valence-electron chi connectivity index (χ0n) is 12.0. The maximum Gasteiger partial charge on any atom is 4.00 e. The van der Waals surface area contributed by atoms with Gasteiger partial charge in [-0.3, -0.25) is 20.0 Å². The van der Waals surface area contributed by atoms with Crippen molar-refractivity contribution in [1.29, 1.82) is 0 Å². The largest absolute Gasteiger partial charge is 4.00 e. The van der Waals surface area contributed by atoms with Gasteiger partial charge >= 0.3 is 18.6 Å². The van der Waals surface area contributed by atoms with Crippen LogP contribution in [0, 0.1) is 0 Å². The summed E-state index contributed by atoms with van der Waals surface area (Å²) in [6, 6.07) is 11.3. The molecule has 0 aliphatic rings. The summed E-state index contributed by atoms with van der Waals surface area (Å²) >= 11 is 0. The molecule has 10 heteroatoms. The average molecular weight is 371 g/mol. The summed E-state index contributed by atoms with van der Waals surface area (Å²) in [5.74, 6) is -2.37. The van der Waals surface area contributed by atoms with E-state index in [0.29, 0.717) is 0 Å². The van der Waals surface area contributed by atoms with Gasteiger partial charge in [-0.25, -0.2) is 11.0 Å². The fourth-order valence-electron chi connectivity index (χ4n) is 1.43. The summed E-state index contributed by atoms with van der Waals surface area (Å²) < 4.78 is 0. The third kappa shape index (κ3) is 6.69. The first-order valence-electron chi connectivity index (χ1n) is 5.92. The summed E-state index contributed by atoms with van der Waals surface area (Å²) in [7, 11) is 0. The summed E-state index contributed by atoms with van der Waals surface area (Å²) in [5, 5.41) is 38.0. The molecule has 0 bridgehead atoms. The predicted molar refractivity (Wildman–Crippen MR) is 71.0 cm³/mol. The Balaban J connectivity index is 0. The van der Waals surface area contributed by atoms with Gasteiger partial charge in [-0.1, -0.05) is 60.0 Å². The molecule has 1 radical (unpaired) electrons. The van der Waals surface area contributed by atoms with Crippen molar-refractivity contribution >= 4 is 11.8 Å². The fraction of sp³-hybridized carbons (Fsp3) is 0. The number of nitrogens with one attached hydrogen (secondary N) is 2. The monoisotopic (exact) mass is 371 g/mol. The topological polar surface area (TPSA) is 173 Å². The van der Waals surface area contributed by atoms with Crippen molar-refractivity contribution < 1.29 is 54.2 Å². The van der Waals surface area contributed by atoms with Crippen molar-refractivity contribution in [2.75, 3.05) is 0 Å². The van der Waals surface area contributed by atoms with Crippen LogP contribution in [0.25, 0.3) is 0 Å². The number of hydroxylamine groups is 2. The molecule has 0 spiro atoms. The number of carbonyl (C=O) groups excluding carboxylic acids is 2. The Labute approximate surface area is 148 Å². The molecule has 2 amide bonds. The van der Waals surface area contributed by atoms with Crippen molar-refractivity contribution in [3.63, 3.8) is 0 Å². The minimum absolute atomic E-state index is 0. The Morgan fingerprint density at radius 3 is 1.29 bits per heavy atom. The molecule has 0 aromatic heterocycles. The zero-order valence-corrected chi connectivity index (χ0v) is 13.4. The maximum absolute atomic E-state index is 10.8. The number of carbonyl (C=O) groups is 2. The van der Waals surface area contributed by atoms with E-state index >= 15 is 0 Å². The van der Waals surface area contributed by atoms with E-state index in [9.17, 15) is 19.8 Å². The smallest absolute Gasteiger partial charge is 2.00 e. The van der Waals surface area contributed by atoms with E-state index in [0.717, 1.165) is 0 Å². The maximum atomic E-state index is 10.8. The van der Waals surface area contributed by atoms with Gasteiger partial charge in [-0.05, 0) is 0 Å². The minimum Gasteiger partial charge on any atom is -2.00 e. The van der Waals surface area contributed by atoms with Gasteiger partial charge in [0.1, 0.15) is 0 Å². The van der Waals surface area contributed by atoms with Gasteiger partial charge in [-0.2, -0.15) is 0 Å². The molecule has 0 saturated heterocycles. The number of hydrogen-bond donors (Lipinski definition) is 4. The molecule has 0 heterocycles. The molecule has 2 aromatic rings. The van der Waals surface area contributed by atoms with Gasteiger partial charge in [0, 0.05) is 11.1 Å². The average Bonchev–Trinajstić information content (AvgIpc) is 2.55. The van der Waals surface area contributed by atoms with Gasteiger partial charge in [0.25, 0.3) is 11.8 Å². The van der Waals surface area contributed by atoms with E-state index in [4.69, 9.17) is 10.4 Å². The molecule has 9 nitrogen and oxygen atoms in total. The van der Waals surface area contributed by atoms with E-state index in [1.807, 2.05) is 0 Å². The van der Waals surface area contributed by atoms with Crippen LogP contribution in [0.3, 0.4) is 0 Å². The SMILES string of the molecule is O=C(NO)c1ccccc1[O-].O=C(NO)c1ccccc1[O-].[O-2].[V+4]. The van der Waals surface area contributed by atoms with Crippen LogP contribution in [-0.4, -0.2) is 22.2 Å². The van der Waals surface area contributed by atoms with Crippen LogP contribution >= 0.6 is 0 Å². The Morgan fingerprint density at radius 1 is 0.750 bits per heavy atom. The van der Waals surface area contributed by atoms with E-state index in [1.54, 1.807) is 12.1 Å². The molecule has 2 rings (SSSR count). The van der Waals surface area contributed by atoms with Crippen molar-refractivity contribution in [2.24, 2.45) is 0 Å². The van der Waals surface area contributed by atoms with Crippen molar-refractivity contribution in [2.45, 2.75) is 0 Å². The number of para-hydroxylation sites is 2. The van der Waals surface area contributed by atoms with Gasteiger partial charge in [0.2, 0.25) is 0 Å². The summed E-state index contributed by atoms with van der Waals surface area (Å²) in [4.78, 5) is 21.3. The minimum atomic E-state index is -0.782. The Bertz CT molecular complexity index is 610. The zero-order chi connectivity index (χ0) is 16.5. The first-order chi connectivity index (χ1) is 10.5. The van der Waals surface area contributed by atoms with Gasteiger partial charge in [-0.15, -0.1) is 0 Å². The number of hydrogen-bond acceptors (Lipinski definition) is 6. The predicted octanol–water partition coefficient (Wildman–Crippen LogP) is -0.363. The third-order valence-corrected chi connectivity index (χ3v) is 2.47. The van der Waals surface area contributed by atoms with Crippen LogP contribution in [0.2, 0.25) is 0 Å².